The quantitative estimate of drug-likeness (QED) is 0.616. The summed E-state index contributed by atoms with van der Waals surface area (Å²) in [6, 6.07) is 13.4. The lowest BCUT2D eigenvalue weighted by atomic mass is 9.95. The van der Waals surface area contributed by atoms with E-state index in [9.17, 15) is 13.2 Å². The molecule has 0 bridgehead atoms. The molecule has 1 atom stereocenters. The standard InChI is InChI=1S/C23H30N2O5S/c1-17(23(26)25-19-6-4-3-5-7-19)30-21-12-14-22(15-13-21)31(27,28)24-16-18-8-10-20(29-2)11-9-18/h8-15,17,19,24H,3-7,16H2,1-2H3,(H,25,26)/t17-/m1/s1. The van der Waals surface area contributed by atoms with Crippen LogP contribution in [0.3, 0.4) is 0 Å². The Hall–Kier alpha value is -2.58. The van der Waals surface area contributed by atoms with Crippen molar-refractivity contribution in [3.63, 3.8) is 0 Å². The Balaban J connectivity index is 1.53. The van der Waals surface area contributed by atoms with Crippen molar-refractivity contribution in [2.45, 2.75) is 62.6 Å². The van der Waals surface area contributed by atoms with Gasteiger partial charge >= 0.3 is 0 Å². The fourth-order valence-corrected chi connectivity index (χ4v) is 4.54. The van der Waals surface area contributed by atoms with Gasteiger partial charge in [0.1, 0.15) is 11.5 Å². The number of sulfonamides is 1. The van der Waals surface area contributed by atoms with Crippen molar-refractivity contribution >= 4 is 15.9 Å². The molecule has 0 heterocycles. The number of hydrogen-bond acceptors (Lipinski definition) is 5. The summed E-state index contributed by atoms with van der Waals surface area (Å²) < 4.78 is 38.5. The molecule has 2 aromatic rings. The molecule has 168 valence electrons. The highest BCUT2D eigenvalue weighted by atomic mass is 32.2. The number of amides is 1. The zero-order chi connectivity index (χ0) is 22.3. The number of hydrogen-bond donors (Lipinski definition) is 2. The summed E-state index contributed by atoms with van der Waals surface area (Å²) in [5, 5.41) is 3.04. The molecule has 1 saturated carbocycles. The van der Waals surface area contributed by atoms with Crippen molar-refractivity contribution in [1.29, 1.82) is 0 Å². The van der Waals surface area contributed by atoms with Gasteiger partial charge in [-0.05, 0) is 61.7 Å². The van der Waals surface area contributed by atoms with E-state index >= 15 is 0 Å². The average Bonchev–Trinajstić information content (AvgIpc) is 2.79. The van der Waals surface area contributed by atoms with E-state index in [1.165, 1.54) is 18.6 Å². The number of nitrogens with one attached hydrogen (secondary N) is 2. The Morgan fingerprint density at radius 2 is 1.61 bits per heavy atom. The molecule has 31 heavy (non-hydrogen) atoms. The van der Waals surface area contributed by atoms with E-state index < -0.39 is 16.1 Å². The molecule has 8 heteroatoms. The van der Waals surface area contributed by atoms with Crippen LogP contribution in [0.2, 0.25) is 0 Å². The number of ether oxygens (including phenoxy) is 2. The van der Waals surface area contributed by atoms with Crippen LogP contribution in [-0.2, 0) is 21.4 Å². The Morgan fingerprint density at radius 1 is 1.00 bits per heavy atom. The fraction of sp³-hybridized carbons (Fsp3) is 0.435. The zero-order valence-electron chi connectivity index (χ0n) is 18.0. The van der Waals surface area contributed by atoms with Gasteiger partial charge in [-0.15, -0.1) is 0 Å². The van der Waals surface area contributed by atoms with E-state index in [0.717, 1.165) is 31.2 Å². The minimum atomic E-state index is -3.67. The second-order valence-corrected chi connectivity index (χ2v) is 9.51. The minimum absolute atomic E-state index is 0.132. The molecular formula is C23H30N2O5S. The first-order chi connectivity index (χ1) is 14.9. The SMILES string of the molecule is COc1ccc(CNS(=O)(=O)c2ccc(O[C@H](C)C(=O)NC3CCCCC3)cc2)cc1. The summed E-state index contributed by atoms with van der Waals surface area (Å²) in [7, 11) is -2.09. The molecule has 1 aliphatic rings. The lowest BCUT2D eigenvalue weighted by molar-refractivity contribution is -0.128. The third kappa shape index (κ3) is 6.70. The predicted octanol–water partition coefficient (Wildman–Crippen LogP) is 3.39. The van der Waals surface area contributed by atoms with Gasteiger partial charge in [-0.25, -0.2) is 13.1 Å². The van der Waals surface area contributed by atoms with Crippen molar-refractivity contribution in [2.24, 2.45) is 0 Å². The molecule has 1 aliphatic carbocycles. The van der Waals surface area contributed by atoms with Gasteiger partial charge in [0.25, 0.3) is 5.91 Å². The van der Waals surface area contributed by atoms with Crippen LogP contribution in [0.15, 0.2) is 53.4 Å². The van der Waals surface area contributed by atoms with E-state index in [1.54, 1.807) is 50.4 Å². The normalized spacial score (nSPS) is 15.8. The first kappa shape index (κ1) is 23.1. The first-order valence-corrected chi connectivity index (χ1v) is 12.1. The summed E-state index contributed by atoms with van der Waals surface area (Å²) in [5.41, 5.74) is 0.821. The van der Waals surface area contributed by atoms with Crippen LogP contribution < -0.4 is 19.5 Å². The van der Waals surface area contributed by atoms with Crippen LogP contribution in [0.5, 0.6) is 11.5 Å². The van der Waals surface area contributed by atoms with E-state index in [2.05, 4.69) is 10.0 Å². The monoisotopic (exact) mass is 446 g/mol. The maximum Gasteiger partial charge on any atom is 0.260 e. The maximum absolute atomic E-state index is 12.6. The largest absolute Gasteiger partial charge is 0.497 e. The van der Waals surface area contributed by atoms with Crippen molar-refractivity contribution in [2.75, 3.05) is 7.11 Å². The van der Waals surface area contributed by atoms with Gasteiger partial charge in [0.15, 0.2) is 6.10 Å². The lowest BCUT2D eigenvalue weighted by Gasteiger charge is -2.24. The highest BCUT2D eigenvalue weighted by Crippen LogP contribution is 2.20. The summed E-state index contributed by atoms with van der Waals surface area (Å²) >= 11 is 0. The molecule has 3 rings (SSSR count). The molecule has 2 aromatic carbocycles. The molecule has 2 N–H and O–H groups in total. The van der Waals surface area contributed by atoms with E-state index in [0.29, 0.717) is 11.5 Å². The van der Waals surface area contributed by atoms with E-state index in [-0.39, 0.29) is 23.4 Å². The number of benzene rings is 2. The maximum atomic E-state index is 12.6. The van der Waals surface area contributed by atoms with Crippen LogP contribution in [0, 0.1) is 0 Å². The molecular weight excluding hydrogens is 416 g/mol. The van der Waals surface area contributed by atoms with Crippen LogP contribution in [0.25, 0.3) is 0 Å². The summed E-state index contributed by atoms with van der Waals surface area (Å²) in [5.74, 6) is 1.01. The molecule has 0 aromatic heterocycles. The van der Waals surface area contributed by atoms with Crippen LogP contribution >= 0.6 is 0 Å². The Bertz CT molecular complexity index is 952. The zero-order valence-corrected chi connectivity index (χ0v) is 18.8. The fourth-order valence-electron chi connectivity index (χ4n) is 3.53. The van der Waals surface area contributed by atoms with E-state index in [4.69, 9.17) is 9.47 Å². The van der Waals surface area contributed by atoms with E-state index in [1.807, 2.05) is 0 Å². The number of carbonyl (C=O) groups excluding carboxylic acids is 1. The van der Waals surface area contributed by atoms with Crippen LogP contribution in [0.1, 0.15) is 44.6 Å². The highest BCUT2D eigenvalue weighted by molar-refractivity contribution is 7.89. The van der Waals surface area contributed by atoms with Gasteiger partial charge in [0, 0.05) is 12.6 Å². The summed E-state index contributed by atoms with van der Waals surface area (Å²) in [6.45, 7) is 1.86. The Kier molecular flexibility index (Phi) is 7.92. The van der Waals surface area contributed by atoms with Crippen molar-refractivity contribution in [3.8, 4) is 11.5 Å². The molecule has 1 fully saturated rings. The molecule has 0 aliphatic heterocycles. The average molecular weight is 447 g/mol. The van der Waals surface area contributed by atoms with Gasteiger partial charge in [-0.1, -0.05) is 31.4 Å². The number of rotatable bonds is 9. The second-order valence-electron chi connectivity index (χ2n) is 7.75. The Morgan fingerprint density at radius 3 is 2.23 bits per heavy atom. The Labute approximate surface area is 184 Å². The molecule has 0 spiro atoms. The van der Waals surface area contributed by atoms with Crippen LogP contribution in [0.4, 0.5) is 0 Å². The van der Waals surface area contributed by atoms with Gasteiger partial charge in [0.05, 0.1) is 12.0 Å². The molecule has 1 amide bonds. The van der Waals surface area contributed by atoms with Crippen molar-refractivity contribution in [3.05, 3.63) is 54.1 Å². The first-order valence-electron chi connectivity index (χ1n) is 10.6. The molecule has 0 saturated heterocycles. The molecule has 0 radical (unpaired) electrons. The summed E-state index contributed by atoms with van der Waals surface area (Å²) in [6.07, 6.45) is 4.87. The van der Waals surface area contributed by atoms with Gasteiger partial charge in [0.2, 0.25) is 10.0 Å². The van der Waals surface area contributed by atoms with Crippen molar-refractivity contribution < 1.29 is 22.7 Å². The third-order valence-corrected chi connectivity index (χ3v) is 6.81. The smallest absolute Gasteiger partial charge is 0.260 e. The topological polar surface area (TPSA) is 93.7 Å². The van der Waals surface area contributed by atoms with Crippen molar-refractivity contribution in [1.82, 2.24) is 10.0 Å². The number of methoxy groups -OCH3 is 1. The third-order valence-electron chi connectivity index (χ3n) is 5.39. The second kappa shape index (κ2) is 10.6. The van der Waals surface area contributed by atoms with Gasteiger partial charge in [-0.3, -0.25) is 4.79 Å². The van der Waals surface area contributed by atoms with Gasteiger partial charge in [-0.2, -0.15) is 0 Å². The number of carbonyl (C=O) groups is 1. The molecule has 7 nitrogen and oxygen atoms in total. The predicted molar refractivity (Wildman–Crippen MR) is 119 cm³/mol. The lowest BCUT2D eigenvalue weighted by Crippen LogP contribution is -2.43. The highest BCUT2D eigenvalue weighted by Gasteiger charge is 2.21. The summed E-state index contributed by atoms with van der Waals surface area (Å²) in [4.78, 5) is 12.5. The van der Waals surface area contributed by atoms with Crippen LogP contribution in [-0.4, -0.2) is 33.6 Å². The molecule has 0 unspecified atom stereocenters. The minimum Gasteiger partial charge on any atom is -0.497 e. The van der Waals surface area contributed by atoms with Gasteiger partial charge < -0.3 is 14.8 Å².